The van der Waals surface area contributed by atoms with Crippen LogP contribution in [-0.2, 0) is 94.8 Å². The number of nitrogens with one attached hydrogen (secondary N) is 1. The molecule has 486 valence electrons. The number of hydrogen-bond donors (Lipinski definition) is 5. The molecule has 0 aliphatic carbocycles. The monoisotopic (exact) mass is 1590 g/mol. The first kappa shape index (κ1) is 88.4. The van der Waals surface area contributed by atoms with Gasteiger partial charge in [0.05, 0.1) is 46.4 Å². The Kier molecular flexibility index (Phi) is 30.4. The maximum Gasteiger partial charge on any atom is 2.00 e. The van der Waals surface area contributed by atoms with Crippen molar-refractivity contribution in [2.75, 3.05) is 5.32 Å². The summed E-state index contributed by atoms with van der Waals surface area (Å²) < 4.78 is 221. The molecule has 0 amide bonds. The number of hydrogen-bond acceptors (Lipinski definition) is 31. The van der Waals surface area contributed by atoms with E-state index >= 15 is 0 Å². The molecule has 10 aromatic carbocycles. The Morgan fingerprint density at radius 3 is 1.06 bits per heavy atom. The van der Waals surface area contributed by atoms with E-state index in [0.717, 1.165) is 84.9 Å². The zero-order valence-corrected chi connectivity index (χ0v) is 67.8. The van der Waals surface area contributed by atoms with Crippen LogP contribution in [0.4, 0.5) is 56.9 Å². The zero-order chi connectivity index (χ0) is 66.2. The molecule has 0 heterocycles. The van der Waals surface area contributed by atoms with E-state index in [1.165, 1.54) is 62.4 Å². The van der Waals surface area contributed by atoms with E-state index in [1.54, 1.807) is 0 Å². The van der Waals surface area contributed by atoms with E-state index in [-0.39, 0.29) is 243 Å². The number of aromatic hydroxyl groups is 4. The quantitative estimate of drug-likeness (QED) is 0.0346. The number of benzene rings is 10. The normalized spacial score (nSPS) is 12.2. The van der Waals surface area contributed by atoms with E-state index in [9.17, 15) is 98.2 Å². The summed E-state index contributed by atoms with van der Waals surface area (Å²) in [7, 11) is -32.0. The SMILES string of the molecule is Cc1cc(N=Nc2cc(S(=O)(=O)[O-])c3cccc(S(=O)(=O)[O-])c3c2)c(O)c(N=Nc2c(S(=O)(=O)[O-])cc3cc(Nc4ccc5c(O)c(N=Nc6cc(C)c(N=Nc7cc(S(=O)(=O)[O-])c8cccc(S(=O)(=O)[O-])c8c7)cc6O)c(S(=O)(=O)[O-])cc5c4)ccc3c2O)c1.[Cu+2].[Cu+2].[Na+].[Na+].[Na+].[Na+].[Na+]. The van der Waals surface area contributed by atoms with Gasteiger partial charge in [-0.15, -0.1) is 25.6 Å². The summed E-state index contributed by atoms with van der Waals surface area (Å²) in [6.07, 6.45) is 0. The number of phenols is 4. The third-order valence-corrected chi connectivity index (χ3v) is 18.6. The Labute approximate surface area is 688 Å². The molecule has 0 saturated heterocycles. The van der Waals surface area contributed by atoms with Gasteiger partial charge < -0.3 is 53.1 Å². The van der Waals surface area contributed by atoms with E-state index < -0.39 is 163 Å². The van der Waals surface area contributed by atoms with Gasteiger partial charge in [-0.1, -0.05) is 24.3 Å². The smallest absolute Gasteiger partial charge is 0.744 e. The number of anilines is 2. The van der Waals surface area contributed by atoms with Gasteiger partial charge in [0.15, 0.2) is 17.2 Å². The molecular weight excluding hydrogens is 1560 g/mol. The topological polar surface area (TPSA) is 535 Å². The Bertz CT molecular complexity index is 5760. The third kappa shape index (κ3) is 19.5. The molecule has 10 aromatic rings. The minimum atomic E-state index is -5.51. The molecule has 0 saturated carbocycles. The van der Waals surface area contributed by atoms with E-state index in [1.807, 2.05) is 0 Å². The first-order valence-corrected chi connectivity index (χ1v) is 33.4. The number of nitrogens with zero attached hydrogens (tertiary/aromatic N) is 8. The summed E-state index contributed by atoms with van der Waals surface area (Å²) >= 11 is 0. The Morgan fingerprint density at radius 1 is 0.327 bits per heavy atom. The molecule has 0 fully saturated rings. The molecule has 31 nitrogen and oxygen atoms in total. The molecular formula is C54H33Cu2N9Na5O22S6+3. The van der Waals surface area contributed by atoms with Gasteiger partial charge in [0.25, 0.3) is 0 Å². The van der Waals surface area contributed by atoms with Crippen molar-refractivity contribution in [2.24, 2.45) is 40.9 Å². The van der Waals surface area contributed by atoms with Crippen LogP contribution in [0.2, 0.25) is 0 Å². The average molecular weight is 1590 g/mol. The van der Waals surface area contributed by atoms with Crippen LogP contribution in [0.1, 0.15) is 11.1 Å². The van der Waals surface area contributed by atoms with Gasteiger partial charge in [-0.05, 0) is 139 Å². The van der Waals surface area contributed by atoms with Crippen molar-refractivity contribution in [3.8, 4) is 23.0 Å². The second kappa shape index (κ2) is 33.7. The molecule has 2 radical (unpaired) electrons. The average Bonchev–Trinajstić information content (AvgIpc) is 0.782. The van der Waals surface area contributed by atoms with E-state index in [2.05, 4.69) is 46.2 Å². The van der Waals surface area contributed by atoms with Crippen molar-refractivity contribution < 1.29 is 280 Å². The predicted molar refractivity (Wildman–Crippen MR) is 313 cm³/mol. The second-order valence-electron chi connectivity index (χ2n) is 19.5. The van der Waals surface area contributed by atoms with E-state index in [4.69, 9.17) is 0 Å². The number of azo groups is 4. The number of phenolic OH excluding ortho intramolecular Hbond substituents is 4. The van der Waals surface area contributed by atoms with Crippen molar-refractivity contribution in [3.05, 3.63) is 145 Å². The van der Waals surface area contributed by atoms with Gasteiger partial charge in [-0.2, -0.15) is 15.3 Å². The minimum Gasteiger partial charge on any atom is -0.744 e. The molecule has 98 heavy (non-hydrogen) atoms. The van der Waals surface area contributed by atoms with Gasteiger partial charge >= 0.3 is 182 Å². The van der Waals surface area contributed by atoms with Crippen LogP contribution >= 0.6 is 0 Å². The fraction of sp³-hybridized carbons (Fsp3) is 0.0370. The van der Waals surface area contributed by atoms with Gasteiger partial charge in [-0.25, -0.2) is 50.5 Å². The summed E-state index contributed by atoms with van der Waals surface area (Å²) in [6, 6.07) is 23.6. The van der Waals surface area contributed by atoms with Crippen LogP contribution < -0.4 is 153 Å². The van der Waals surface area contributed by atoms with Crippen LogP contribution in [0.3, 0.4) is 0 Å². The fourth-order valence-corrected chi connectivity index (χ4v) is 13.4. The number of rotatable bonds is 16. The van der Waals surface area contributed by atoms with Crippen molar-refractivity contribution in [1.29, 1.82) is 0 Å². The van der Waals surface area contributed by atoms with Gasteiger partial charge in [-0.3, -0.25) is 0 Å². The molecule has 10 rings (SSSR count). The third-order valence-electron chi connectivity index (χ3n) is 13.4. The van der Waals surface area contributed by atoms with Crippen molar-refractivity contribution in [3.63, 3.8) is 0 Å². The van der Waals surface area contributed by atoms with Crippen LogP contribution in [0.25, 0.3) is 43.1 Å². The summed E-state index contributed by atoms with van der Waals surface area (Å²) in [5.74, 6) is -3.27. The van der Waals surface area contributed by atoms with E-state index in [0.29, 0.717) is 0 Å². The summed E-state index contributed by atoms with van der Waals surface area (Å²) in [5.41, 5.74) is -3.25. The summed E-state index contributed by atoms with van der Waals surface area (Å²) in [5, 5.41) is 76.6. The Hall–Kier alpha value is -3.86. The fourth-order valence-electron chi connectivity index (χ4n) is 9.37. The maximum absolute atomic E-state index is 12.7. The molecule has 0 aromatic heterocycles. The molecule has 0 atom stereocenters. The molecule has 0 aliphatic heterocycles. The largest absolute Gasteiger partial charge is 2.00 e. The number of fused-ring (bicyclic) bond motifs is 4. The van der Waals surface area contributed by atoms with Gasteiger partial charge in [0, 0.05) is 49.8 Å². The molecule has 0 aliphatic rings. The van der Waals surface area contributed by atoms with Gasteiger partial charge in [0.1, 0.15) is 94.9 Å². The second-order valence-corrected chi connectivity index (χ2v) is 27.6. The zero-order valence-electron chi connectivity index (χ0n) is 51.0. The van der Waals surface area contributed by atoms with Gasteiger partial charge in [0.2, 0.25) is 0 Å². The van der Waals surface area contributed by atoms with Crippen LogP contribution in [-0.4, -0.2) is 98.2 Å². The Balaban J connectivity index is 0.00000357. The molecule has 0 unspecified atom stereocenters. The maximum atomic E-state index is 12.7. The molecule has 0 bridgehead atoms. The molecule has 5 N–H and O–H groups in total. The van der Waals surface area contributed by atoms with Crippen LogP contribution in [0.5, 0.6) is 23.0 Å². The first-order valence-electron chi connectivity index (χ1n) is 24.9. The molecule has 0 spiro atoms. The van der Waals surface area contributed by atoms with Crippen molar-refractivity contribution in [2.45, 2.75) is 43.2 Å². The van der Waals surface area contributed by atoms with Crippen molar-refractivity contribution in [1.82, 2.24) is 0 Å². The standard InChI is InChI=1S/C54H39N9O22S6.2Cu.5Na/c1-25-13-41(60-57-32-21-38-36(47(23-32)89(77,78)79)6-4-8-45(38)87(71,72)73)54(67)42(14-25)61-63-51-49(91(83,84)85)19-28-17-30(10-12-34(28)53(51)66)55-29-9-11-33-27(16-29)18-48(90(80,81)82)50(52(33)65)62-59-40-15-26(2)39(24-43(40)64)58-56-31-20-37-35(46(22-31)88(74,75)76)5-3-7-44(37)86(68,69)70;;;;;;;/h3-24,55,64-67H,1-2H3,(H,68,69,70)(H,71,72,73)(H,74,75,76)(H,77,78,79)(H,80,81,82)(H,83,84,85);;;;;;;/q;2*+2;5*+1/p-6. The first-order chi connectivity index (χ1) is 42.3. The van der Waals surface area contributed by atoms with Crippen LogP contribution in [0, 0.1) is 13.8 Å². The summed E-state index contributed by atoms with van der Waals surface area (Å²) in [6.45, 7) is 2.88. The Morgan fingerprint density at radius 2 is 0.684 bits per heavy atom. The minimum absolute atomic E-state index is 0. The molecule has 44 heteroatoms. The van der Waals surface area contributed by atoms with Crippen LogP contribution in [0.15, 0.2) is 204 Å². The summed E-state index contributed by atoms with van der Waals surface area (Å²) in [4.78, 5) is -5.78. The number of aryl methyl sites for hydroxylation is 2. The van der Waals surface area contributed by atoms with Crippen molar-refractivity contribution >= 4 is 161 Å². The predicted octanol–water partition coefficient (Wildman–Crippen LogP) is -4.42.